The average molecular weight is 992 g/mol. The Morgan fingerprint density at radius 2 is 0.750 bits per heavy atom. The maximum atomic E-state index is 15.0. The summed E-state index contributed by atoms with van der Waals surface area (Å²) in [7, 11) is 4.57. The monoisotopic (exact) mass is 991 g/mol. The fourth-order valence-corrected chi connectivity index (χ4v) is 9.98. The number of nitrogens with zero attached hydrogens (tertiary/aromatic N) is 3. The number of aliphatic imine (C=N–C) groups is 2. The summed E-state index contributed by atoms with van der Waals surface area (Å²) in [5, 5.41) is 38.1. The molecule has 10 aromatic rings. The molecule has 0 bridgehead atoms. The third-order valence-electron chi connectivity index (χ3n) is 13.1. The van der Waals surface area contributed by atoms with Crippen LogP contribution in [-0.2, 0) is 17.3 Å². The zero-order valence-corrected chi connectivity index (χ0v) is 39.4. The van der Waals surface area contributed by atoms with Crippen LogP contribution in [0.15, 0.2) is 204 Å². The molecular weight excluding hydrogens is 947 g/mol. The molecule has 0 aromatic heterocycles. The van der Waals surface area contributed by atoms with Gasteiger partial charge in [-0.15, -0.1) is 4.91 Å². The van der Waals surface area contributed by atoms with Crippen molar-refractivity contribution in [1.82, 2.24) is 5.59 Å². The molecule has 332 valence electrons. The van der Waals surface area contributed by atoms with E-state index in [1.807, 2.05) is 114 Å². The molecule has 0 spiro atoms. The fraction of sp³-hybridized carbons (Fsp3) is 0.100. The van der Waals surface area contributed by atoms with E-state index in [-0.39, 0.29) is 23.6 Å². The Labute approximate surface area is 409 Å². The third-order valence-corrected chi connectivity index (χ3v) is 13.1. The molecule has 1 aliphatic carbocycles. The molecule has 6 nitrogen and oxygen atoms in total. The van der Waals surface area contributed by atoms with E-state index < -0.39 is 0 Å². The van der Waals surface area contributed by atoms with Gasteiger partial charge in [-0.1, -0.05) is 206 Å². The quantitative estimate of drug-likeness (QED) is 0.112. The molecule has 0 N–H and O–H groups in total. The molecule has 1 aliphatic rings. The Bertz CT molecular complexity index is 3240. The normalized spacial score (nSPS) is 14.8. The van der Waals surface area contributed by atoms with Gasteiger partial charge in [-0.3, -0.25) is 9.98 Å². The van der Waals surface area contributed by atoms with Crippen LogP contribution in [0.3, 0.4) is 0 Å². The van der Waals surface area contributed by atoms with Crippen molar-refractivity contribution in [3.63, 3.8) is 0 Å². The summed E-state index contributed by atoms with van der Waals surface area (Å²) in [6.45, 7) is 0. The third kappa shape index (κ3) is 8.96. The van der Waals surface area contributed by atoms with Crippen LogP contribution in [0, 0.1) is 4.91 Å². The number of fused-ring (bicyclic) bond motifs is 4. The number of nitroso groups, excluding NO2 is 1. The second kappa shape index (κ2) is 21.1. The first-order chi connectivity index (χ1) is 33.6. The maximum Gasteiger partial charge on any atom is 0.120 e. The number of hydrogen-bond acceptors (Lipinski definition) is 5. The molecule has 1 saturated carbocycles. The second-order valence-corrected chi connectivity index (χ2v) is 16.9. The van der Waals surface area contributed by atoms with Gasteiger partial charge in [0.05, 0.1) is 12.1 Å². The smallest absolute Gasteiger partial charge is 0.120 e. The predicted octanol–water partition coefficient (Wildman–Crippen LogP) is 14.2. The Morgan fingerprint density at radius 1 is 0.426 bits per heavy atom. The second-order valence-electron chi connectivity index (χ2n) is 16.9. The predicted molar refractivity (Wildman–Crippen MR) is 276 cm³/mol. The molecule has 0 unspecified atom stereocenters. The molecule has 11 rings (SSSR count). The van der Waals surface area contributed by atoms with Gasteiger partial charge in [0.1, 0.15) is 5.59 Å². The van der Waals surface area contributed by atoms with Crippen LogP contribution in [0.2, 0.25) is 0 Å². The van der Waals surface area contributed by atoms with Gasteiger partial charge >= 0.3 is 27.0 Å². The van der Waals surface area contributed by atoms with Crippen LogP contribution >= 0.6 is 9.69 Å². The van der Waals surface area contributed by atoms with Gasteiger partial charge in [-0.25, -0.2) is 0 Å². The van der Waals surface area contributed by atoms with E-state index >= 15 is 10.2 Å². The van der Waals surface area contributed by atoms with E-state index in [9.17, 15) is 0 Å². The first kappa shape index (κ1) is 45.8. The molecular formula is C60H44ClN3O3Ru. The van der Waals surface area contributed by atoms with Crippen molar-refractivity contribution in [3.05, 3.63) is 210 Å². The summed E-state index contributed by atoms with van der Waals surface area (Å²) in [6, 6.07) is 65.8. The largest absolute Gasteiger partial charge is 0.872 e. The molecule has 2 atom stereocenters. The molecule has 1 fully saturated rings. The van der Waals surface area contributed by atoms with Gasteiger partial charge in [-0.05, 0) is 124 Å². The molecule has 0 heterocycles. The van der Waals surface area contributed by atoms with Crippen molar-refractivity contribution in [2.75, 3.05) is 0 Å². The maximum absolute atomic E-state index is 15.0. The molecule has 0 amide bonds. The molecule has 0 aliphatic heterocycles. The summed E-state index contributed by atoms with van der Waals surface area (Å²) >= 11 is 1.82. The topological polar surface area (TPSA) is 110 Å². The first-order valence-corrected chi connectivity index (χ1v) is 24.8. The summed E-state index contributed by atoms with van der Waals surface area (Å²) in [6.07, 6.45) is 7.32. The zero-order chi connectivity index (χ0) is 47.0. The molecule has 8 heteroatoms. The summed E-state index contributed by atoms with van der Waals surface area (Å²) in [5.74, 6) is -0.0929. The minimum absolute atomic E-state index is 0.0464. The molecule has 1 radical (unpaired) electrons. The van der Waals surface area contributed by atoms with Gasteiger partial charge in [0.2, 0.25) is 0 Å². The van der Waals surface area contributed by atoms with Crippen LogP contribution in [0.25, 0.3) is 87.6 Å². The Hall–Kier alpha value is -7.31. The van der Waals surface area contributed by atoms with Crippen LogP contribution in [0.1, 0.15) is 36.8 Å². The molecule has 68 heavy (non-hydrogen) atoms. The van der Waals surface area contributed by atoms with Crippen LogP contribution in [0.4, 0.5) is 0 Å². The summed E-state index contributed by atoms with van der Waals surface area (Å²) in [4.78, 5) is 17.6. The minimum atomic E-state index is -0.144. The van der Waals surface area contributed by atoms with Crippen LogP contribution in [0.5, 0.6) is 11.5 Å². The number of benzene rings is 10. The molecule has 0 saturated heterocycles. The van der Waals surface area contributed by atoms with Gasteiger partial charge in [-0.2, -0.15) is 0 Å². The zero-order valence-electron chi connectivity index (χ0n) is 36.9. The van der Waals surface area contributed by atoms with Crippen molar-refractivity contribution in [2.24, 2.45) is 9.98 Å². The van der Waals surface area contributed by atoms with Crippen molar-refractivity contribution < 1.29 is 27.5 Å². The van der Waals surface area contributed by atoms with E-state index in [1.54, 1.807) is 12.4 Å². The summed E-state index contributed by atoms with van der Waals surface area (Å²) < 4.78 is 0. The average Bonchev–Trinajstić information content (AvgIpc) is 3.41. The van der Waals surface area contributed by atoms with Gasteiger partial charge in [0, 0.05) is 12.4 Å². The van der Waals surface area contributed by atoms with Crippen molar-refractivity contribution in [2.45, 2.75) is 37.8 Å². The first-order valence-electron chi connectivity index (χ1n) is 22.6. The van der Waals surface area contributed by atoms with Crippen LogP contribution in [-0.4, -0.2) is 24.5 Å². The number of rotatable bonds is 8. The van der Waals surface area contributed by atoms with E-state index in [1.165, 1.54) is 0 Å². The Kier molecular flexibility index (Phi) is 14.2. The van der Waals surface area contributed by atoms with Crippen molar-refractivity contribution >= 4 is 65.2 Å². The van der Waals surface area contributed by atoms with Crippen molar-refractivity contribution in [3.8, 4) is 56.0 Å². The minimum Gasteiger partial charge on any atom is -0.872 e. The SMILES string of the molecule is [Cl][Ru+2].[N]=O.[O-]c1c(C=N[C@H]2CCCC[C@@H]2N=Cc2cc3ccccc3c(-c3c(-c4ccccc4)ccc4ccccc34)c2[O-])cc2ccccc2c1-c1c(-c2ccccc2)ccc2ccccc12. The number of halogens is 1. The van der Waals surface area contributed by atoms with Gasteiger partial charge in [0.15, 0.2) is 0 Å². The van der Waals surface area contributed by atoms with E-state index in [2.05, 4.69) is 107 Å². The van der Waals surface area contributed by atoms with Crippen molar-refractivity contribution in [1.29, 1.82) is 0 Å². The standard InChI is InChI=1S/C60H46N2O2.ClH.NO.Ru/c63-59-45(35-43-23-9-13-27-49(43)57(59)55-47-25-11-7-21-41(47)31-33-51(55)39-17-3-1-4-18-39)37-61-53-29-15-16-30-54(53)62-38-46-36-44-24-10-14-28-50(44)58(60(46)64)56-48-26-12-8-22-42(48)32-34-52(56)40-19-5-2-6-20-40;;1-2;/h1-14,17-28,31-38,53-54,63-64H,15-16,29-30H2;1H;;/q;;;+3/p-3/t53-,54-;;;/m0.../s1. The Morgan fingerprint density at radius 3 is 1.13 bits per heavy atom. The van der Waals surface area contributed by atoms with Gasteiger partial charge in [0.25, 0.3) is 0 Å². The fourth-order valence-electron chi connectivity index (χ4n) is 9.98. The molecule has 10 aromatic carbocycles. The number of hydrogen-bond donors (Lipinski definition) is 0. The Balaban J connectivity index is 0.00000141. The van der Waals surface area contributed by atoms with E-state index in [0.717, 1.165) is 102 Å². The van der Waals surface area contributed by atoms with Crippen LogP contribution < -0.4 is 15.8 Å². The van der Waals surface area contributed by atoms with E-state index in [0.29, 0.717) is 22.3 Å². The van der Waals surface area contributed by atoms with E-state index in [4.69, 9.17) is 20.5 Å². The summed E-state index contributed by atoms with van der Waals surface area (Å²) in [5.41, 5.74) is 14.2. The van der Waals surface area contributed by atoms with Gasteiger partial charge < -0.3 is 10.2 Å².